The van der Waals surface area contributed by atoms with Gasteiger partial charge in [-0.25, -0.2) is 4.98 Å². The van der Waals surface area contributed by atoms with Crippen LogP contribution in [0, 0.1) is 12.9 Å². The van der Waals surface area contributed by atoms with Crippen LogP contribution in [0.4, 0.5) is 0 Å². The maximum atomic E-state index is 12.4. The molecule has 0 aliphatic rings. The molecule has 1 N–H and O–H groups in total. The summed E-state index contributed by atoms with van der Waals surface area (Å²) in [6, 6.07) is 28.9. The van der Waals surface area contributed by atoms with E-state index in [1.54, 1.807) is 68.7 Å². The maximum Gasteiger partial charge on any atom is 0.148 e. The van der Waals surface area contributed by atoms with Gasteiger partial charge in [-0.2, -0.15) is 0 Å². The molecule has 2 heterocycles. The number of phenolic OH excluding ortho intramolecular Hbond substituents is 1. The summed E-state index contributed by atoms with van der Waals surface area (Å²) in [5.41, 5.74) is 8.41. The minimum Gasteiger partial charge on any atom is -0.507 e. The van der Waals surface area contributed by atoms with E-state index in [4.69, 9.17) is 25.0 Å². The van der Waals surface area contributed by atoms with Gasteiger partial charge >= 0.3 is 0 Å². The van der Waals surface area contributed by atoms with E-state index in [0.29, 0.717) is 50.1 Å². The Hall–Kier alpha value is -5.57. The van der Waals surface area contributed by atoms with Gasteiger partial charge in [0.2, 0.25) is 0 Å². The van der Waals surface area contributed by atoms with Gasteiger partial charge in [0.25, 0.3) is 0 Å². The summed E-state index contributed by atoms with van der Waals surface area (Å²) < 4.78 is 98.9. The van der Waals surface area contributed by atoms with Crippen molar-refractivity contribution in [3.05, 3.63) is 167 Å². The summed E-state index contributed by atoms with van der Waals surface area (Å²) in [5, 5.41) is 12.4. The maximum absolute atomic E-state index is 12.4. The average Bonchev–Trinajstić information content (AvgIpc) is 3.70. The van der Waals surface area contributed by atoms with Crippen LogP contribution in [-0.4, -0.2) is 19.6 Å². The number of pyridine rings is 1. The van der Waals surface area contributed by atoms with Crippen molar-refractivity contribution >= 4 is 11.0 Å². The van der Waals surface area contributed by atoms with E-state index in [2.05, 4.69) is 40.7 Å². The van der Waals surface area contributed by atoms with Gasteiger partial charge in [0, 0.05) is 41.2 Å². The number of imidazole rings is 1. The molecule has 0 aliphatic heterocycles. The first-order chi connectivity index (χ1) is 34.2. The van der Waals surface area contributed by atoms with Crippen LogP contribution in [0.1, 0.15) is 148 Å². The van der Waals surface area contributed by atoms with Gasteiger partial charge in [0.1, 0.15) is 11.6 Å². The molecule has 0 bridgehead atoms. The van der Waals surface area contributed by atoms with Crippen LogP contribution in [0.2, 0.25) is 0 Å². The molecule has 6 aromatic carbocycles. The number of para-hydroxylation sites is 1. The number of fused-ring (bicyclic) bond motifs is 1. The number of aromatic hydroxyl groups is 1. The Balaban J connectivity index is 0.00000820. The zero-order valence-electron chi connectivity index (χ0n) is 49.4. The summed E-state index contributed by atoms with van der Waals surface area (Å²) in [4.78, 5) is 10.1. The quantitative estimate of drug-likeness (QED) is 0.139. The Bertz CT molecular complexity index is 3510. The molecule has 0 aliphatic carbocycles. The van der Waals surface area contributed by atoms with Gasteiger partial charge in [-0.1, -0.05) is 166 Å². The molecular formula is C59H62N3OPt-. The number of hydrogen-bond acceptors (Lipinski definition) is 3. The molecule has 64 heavy (non-hydrogen) atoms. The molecule has 8 aromatic rings. The standard InChI is InChI=1S/C59H62N3O.Pt/c1-35(2)43-32-50(38(7)8)57(63)51(33-43)58-61-56-49(44-29-45(31-46(30-44)59(10,11)12)52-34-41(26-27-60-52)40-18-14-13-15-19-40)22-17-23-54(56)62(58)53-25-24-42(28-39(53)9)55-47(36(3)4)20-16-21-48(55)37(5)6;/h13-28,30-38,63H,1-12H3;/q-1;/i9D3,13D,14D,15D,18D,19D,35D,36D,38D;. The average molecular weight is 1040 g/mol. The summed E-state index contributed by atoms with van der Waals surface area (Å²) in [6.45, 7) is 18.1. The van der Waals surface area contributed by atoms with E-state index in [0.717, 1.165) is 22.3 Å². The number of phenols is 1. The Morgan fingerprint density at radius 1 is 0.703 bits per heavy atom. The van der Waals surface area contributed by atoms with Crippen LogP contribution in [0.3, 0.4) is 0 Å². The second kappa shape index (κ2) is 18.5. The van der Waals surface area contributed by atoms with Crippen molar-refractivity contribution in [3.8, 4) is 67.5 Å². The third kappa shape index (κ3) is 8.92. The molecule has 5 heteroatoms. The van der Waals surface area contributed by atoms with Crippen molar-refractivity contribution in [1.29, 1.82) is 0 Å². The van der Waals surface area contributed by atoms with Crippen molar-refractivity contribution in [2.45, 2.75) is 112 Å². The van der Waals surface area contributed by atoms with Crippen LogP contribution in [-0.2, 0) is 26.5 Å². The van der Waals surface area contributed by atoms with Crippen molar-refractivity contribution in [3.63, 3.8) is 0 Å². The van der Waals surface area contributed by atoms with Gasteiger partial charge in [0.05, 0.1) is 29.1 Å². The zero-order chi connectivity index (χ0) is 54.5. The number of nitrogens with zero attached hydrogens (tertiary/aromatic N) is 3. The van der Waals surface area contributed by atoms with Crippen LogP contribution >= 0.6 is 0 Å². The first-order valence-corrected chi connectivity index (χ1v) is 21.5. The van der Waals surface area contributed by atoms with Crippen LogP contribution < -0.4 is 0 Å². The molecule has 0 saturated heterocycles. The minimum absolute atomic E-state index is 0. The summed E-state index contributed by atoms with van der Waals surface area (Å²) in [5.74, 6) is -3.54. The van der Waals surface area contributed by atoms with Gasteiger partial charge in [-0.15, -0.1) is 29.3 Å². The van der Waals surface area contributed by atoms with Gasteiger partial charge in [-0.3, -0.25) is 9.55 Å². The number of aromatic nitrogens is 3. The van der Waals surface area contributed by atoms with E-state index in [9.17, 15) is 5.11 Å². The third-order valence-electron chi connectivity index (χ3n) is 11.8. The van der Waals surface area contributed by atoms with Crippen molar-refractivity contribution in [2.24, 2.45) is 0 Å². The topological polar surface area (TPSA) is 50.9 Å². The van der Waals surface area contributed by atoms with E-state index >= 15 is 0 Å². The Morgan fingerprint density at radius 3 is 2.08 bits per heavy atom. The number of benzene rings is 6. The molecule has 0 saturated carbocycles. The zero-order valence-corrected chi connectivity index (χ0v) is 40.7. The Kier molecular flexibility index (Phi) is 9.79. The molecule has 330 valence electrons. The normalized spacial score (nSPS) is 15.1. The third-order valence-corrected chi connectivity index (χ3v) is 11.8. The monoisotopic (exact) mass is 1030 g/mol. The fraction of sp³-hybridized carbons (Fsp3) is 0.288. The van der Waals surface area contributed by atoms with Gasteiger partial charge in [-0.05, 0) is 116 Å². The molecule has 0 radical (unpaired) electrons. The molecule has 4 nitrogen and oxygen atoms in total. The second-order valence-corrected chi connectivity index (χ2v) is 18.4. The van der Waals surface area contributed by atoms with Crippen LogP contribution in [0.25, 0.3) is 72.7 Å². The SMILES string of the molecule is [2H]c1c([2H])c([2H])c(-c2ccnc(-c3[c-]c(-c4cccc5c4nc(-c4cc(C([2H])(C)C)cc(C([2H])(C)C)c4O)n5-c4ccc(-c5c(C(C)C)cccc5C([2H])(C)C)cc4C([2H])([2H])[2H])cc(C(C)(C)C)c3)c2)c([2H])c1[2H].[Pt]. The Labute approximate surface area is 411 Å². The molecule has 2 aromatic heterocycles. The Morgan fingerprint density at radius 2 is 1.41 bits per heavy atom. The molecule has 0 fully saturated rings. The first-order valence-electron chi connectivity index (χ1n) is 27.0. The smallest absolute Gasteiger partial charge is 0.148 e. The largest absolute Gasteiger partial charge is 0.507 e. The van der Waals surface area contributed by atoms with Crippen LogP contribution in [0.15, 0.2) is 127 Å². The second-order valence-electron chi connectivity index (χ2n) is 18.4. The van der Waals surface area contributed by atoms with Crippen LogP contribution in [0.5, 0.6) is 5.75 Å². The molecule has 8 rings (SSSR count). The predicted molar refractivity (Wildman–Crippen MR) is 266 cm³/mol. The molecule has 0 unspecified atom stereocenters. The van der Waals surface area contributed by atoms with E-state index < -0.39 is 48.1 Å². The molecule has 0 atom stereocenters. The minimum atomic E-state index is -2.69. The van der Waals surface area contributed by atoms with E-state index in [1.807, 2.05) is 68.4 Å². The number of hydrogen-bond donors (Lipinski definition) is 1. The fourth-order valence-electron chi connectivity index (χ4n) is 8.31. The van der Waals surface area contributed by atoms with E-state index in [-0.39, 0.29) is 78.6 Å². The first kappa shape index (κ1) is 33.9. The molecular weight excluding hydrogens is 962 g/mol. The van der Waals surface area contributed by atoms with Crippen molar-refractivity contribution in [1.82, 2.24) is 14.5 Å². The number of aryl methyl sites for hydroxylation is 1. The summed E-state index contributed by atoms with van der Waals surface area (Å²) in [6.07, 6.45) is 1.53. The fourth-order valence-corrected chi connectivity index (χ4v) is 8.31. The predicted octanol–water partition coefficient (Wildman–Crippen LogP) is 16.4. The summed E-state index contributed by atoms with van der Waals surface area (Å²) in [7, 11) is 0. The molecule has 0 amide bonds. The van der Waals surface area contributed by atoms with Gasteiger partial charge in [0.15, 0.2) is 0 Å². The summed E-state index contributed by atoms with van der Waals surface area (Å²) >= 11 is 0. The number of rotatable bonds is 10. The molecule has 0 spiro atoms. The van der Waals surface area contributed by atoms with Crippen molar-refractivity contribution < 1.29 is 41.3 Å². The van der Waals surface area contributed by atoms with Gasteiger partial charge < -0.3 is 5.11 Å². The van der Waals surface area contributed by atoms with E-state index in [1.165, 1.54) is 6.20 Å². The van der Waals surface area contributed by atoms with Crippen molar-refractivity contribution in [2.75, 3.05) is 0 Å².